The molecule has 2 aromatic rings. The third kappa shape index (κ3) is 5.94. The molecule has 0 atom stereocenters. The lowest BCUT2D eigenvalue weighted by molar-refractivity contribution is 0.0630. The van der Waals surface area contributed by atoms with Gasteiger partial charge in [-0.25, -0.2) is 4.58 Å². The maximum Gasteiger partial charge on any atom is 0.254 e. The van der Waals surface area contributed by atoms with Gasteiger partial charge in [0.2, 0.25) is 5.36 Å². The molecule has 1 aliphatic carbocycles. The number of carbonyl (C=O) groups excluding carboxylic acids is 1. The number of amides is 1. The van der Waals surface area contributed by atoms with Crippen LogP contribution in [-0.4, -0.2) is 86.3 Å². The molecule has 222 valence electrons. The minimum atomic E-state index is 0.0639. The number of rotatable bonds is 10. The molecule has 2 heterocycles. The number of benzene rings is 3. The monoisotopic (exact) mass is 569 g/mol. The zero-order valence-corrected chi connectivity index (χ0v) is 25.6. The Morgan fingerprint density at radius 1 is 0.905 bits per heavy atom. The predicted octanol–water partition coefficient (Wildman–Crippen LogP) is 5.00. The van der Waals surface area contributed by atoms with Gasteiger partial charge >= 0.3 is 0 Å². The lowest BCUT2D eigenvalue weighted by atomic mass is 9.90. The van der Waals surface area contributed by atoms with Crippen molar-refractivity contribution in [2.75, 3.05) is 70.4 Å². The minimum absolute atomic E-state index is 0.0639. The van der Waals surface area contributed by atoms with Crippen LogP contribution < -0.4 is 14.8 Å². The highest BCUT2D eigenvalue weighted by Crippen LogP contribution is 2.42. The van der Waals surface area contributed by atoms with Crippen LogP contribution in [0, 0.1) is 0 Å². The lowest BCUT2D eigenvalue weighted by Crippen LogP contribution is -2.49. The van der Waals surface area contributed by atoms with E-state index in [0.717, 1.165) is 102 Å². The van der Waals surface area contributed by atoms with Crippen molar-refractivity contribution in [3.63, 3.8) is 0 Å². The molecule has 5 rings (SSSR count). The summed E-state index contributed by atoms with van der Waals surface area (Å²) in [5.74, 6) is 0.882. The second-order valence-electron chi connectivity index (χ2n) is 10.9. The van der Waals surface area contributed by atoms with Crippen LogP contribution in [0.3, 0.4) is 0 Å². The van der Waals surface area contributed by atoms with E-state index in [2.05, 4.69) is 84.5 Å². The second kappa shape index (κ2) is 13.5. The van der Waals surface area contributed by atoms with Crippen molar-refractivity contribution in [3.8, 4) is 22.5 Å². The van der Waals surface area contributed by atoms with Gasteiger partial charge in [0.25, 0.3) is 5.91 Å². The number of piperazine rings is 1. The first kappa shape index (κ1) is 29.8. The van der Waals surface area contributed by atoms with E-state index in [1.54, 1.807) is 0 Å². The Hall–Kier alpha value is -3.68. The molecule has 1 fully saturated rings. The highest BCUT2D eigenvalue weighted by molar-refractivity contribution is 6.09. The second-order valence-corrected chi connectivity index (χ2v) is 10.9. The van der Waals surface area contributed by atoms with E-state index >= 15 is 0 Å². The van der Waals surface area contributed by atoms with Crippen molar-refractivity contribution in [1.82, 2.24) is 14.4 Å². The van der Waals surface area contributed by atoms with Gasteiger partial charge in [-0.1, -0.05) is 18.2 Å². The number of aliphatic hydroxyl groups excluding tert-OH is 1. The molecule has 1 saturated heterocycles. The van der Waals surface area contributed by atoms with Crippen LogP contribution in [0.1, 0.15) is 44.5 Å². The average Bonchev–Trinajstić information content (AvgIpc) is 3.03. The normalized spacial score (nSPS) is 14.1. The molecule has 0 spiro atoms. The van der Waals surface area contributed by atoms with Gasteiger partial charge in [0.15, 0.2) is 0 Å². The molecular weight excluding hydrogens is 524 g/mol. The fraction of sp³-hybridized carbons (Fsp3) is 0.429. The highest BCUT2D eigenvalue weighted by atomic mass is 16.3. The molecule has 2 aliphatic heterocycles. The number of nitrogens with zero attached hydrogens (tertiary/aromatic N) is 4. The summed E-state index contributed by atoms with van der Waals surface area (Å²) in [5, 5.41) is 11.3. The van der Waals surface area contributed by atoms with Crippen molar-refractivity contribution in [1.29, 1.82) is 0 Å². The first-order valence-electron chi connectivity index (χ1n) is 15.6. The van der Waals surface area contributed by atoms with Crippen LogP contribution in [0.5, 0.6) is 0 Å². The van der Waals surface area contributed by atoms with Crippen LogP contribution in [0.15, 0.2) is 65.1 Å². The van der Waals surface area contributed by atoms with E-state index in [1.165, 1.54) is 0 Å². The zero-order valence-electron chi connectivity index (χ0n) is 25.6. The number of aliphatic hydroxyl groups is 1. The van der Waals surface area contributed by atoms with Gasteiger partial charge in [0.1, 0.15) is 24.4 Å². The molecule has 0 bridgehead atoms. The van der Waals surface area contributed by atoms with Gasteiger partial charge < -0.3 is 19.3 Å². The van der Waals surface area contributed by atoms with Gasteiger partial charge in [-0.3, -0.25) is 9.69 Å². The summed E-state index contributed by atoms with van der Waals surface area (Å²) in [5.41, 5.74) is 5.64. The number of fused-ring (bicyclic) bond motifs is 2. The number of hydrogen-bond acceptors (Lipinski definition) is 5. The Labute approximate surface area is 249 Å². The van der Waals surface area contributed by atoms with Crippen LogP contribution >= 0.6 is 0 Å². The Morgan fingerprint density at radius 3 is 2.33 bits per heavy atom. The Bertz CT molecular complexity index is 1560. The zero-order chi connectivity index (χ0) is 29.6. The number of anilines is 1. The van der Waals surface area contributed by atoms with Crippen molar-refractivity contribution >= 4 is 22.6 Å². The fourth-order valence-electron chi connectivity index (χ4n) is 6.26. The first-order valence-corrected chi connectivity index (χ1v) is 15.6. The molecule has 0 saturated carbocycles. The van der Waals surface area contributed by atoms with Gasteiger partial charge in [0.05, 0.1) is 6.07 Å². The van der Waals surface area contributed by atoms with Gasteiger partial charge in [-0.2, -0.15) is 0 Å². The van der Waals surface area contributed by atoms with Crippen LogP contribution in [-0.2, 0) is 0 Å². The molecule has 1 amide bonds. The molecule has 42 heavy (non-hydrogen) atoms. The van der Waals surface area contributed by atoms with Crippen molar-refractivity contribution in [3.05, 3.63) is 71.6 Å². The quantitative estimate of drug-likeness (QED) is 0.215. The fourth-order valence-corrected chi connectivity index (χ4v) is 6.26. The summed E-state index contributed by atoms with van der Waals surface area (Å²) in [6, 6.07) is 21.0. The molecule has 2 aromatic carbocycles. The van der Waals surface area contributed by atoms with Crippen LogP contribution in [0.4, 0.5) is 5.69 Å². The van der Waals surface area contributed by atoms with E-state index in [1.807, 2.05) is 23.1 Å². The van der Waals surface area contributed by atoms with Gasteiger partial charge in [-0.15, -0.1) is 0 Å². The van der Waals surface area contributed by atoms with E-state index in [9.17, 15) is 9.90 Å². The molecule has 7 nitrogen and oxygen atoms in total. The molecule has 0 unspecified atom stereocenters. The van der Waals surface area contributed by atoms with Crippen molar-refractivity contribution < 1.29 is 14.3 Å². The Kier molecular flexibility index (Phi) is 9.60. The summed E-state index contributed by atoms with van der Waals surface area (Å²) in [4.78, 5) is 20.7. The third-order valence-electron chi connectivity index (χ3n) is 8.66. The van der Waals surface area contributed by atoms with Crippen LogP contribution in [0.2, 0.25) is 0 Å². The number of hydrogen-bond donors (Lipinski definition) is 1. The highest BCUT2D eigenvalue weighted by Gasteiger charge is 2.27. The molecule has 3 aliphatic rings. The average molecular weight is 570 g/mol. The van der Waals surface area contributed by atoms with Crippen LogP contribution in [0.25, 0.3) is 33.4 Å². The molecule has 0 aromatic heterocycles. The largest absolute Gasteiger partial charge is 0.456 e. The lowest BCUT2D eigenvalue weighted by Gasteiger charge is -2.35. The third-order valence-corrected chi connectivity index (χ3v) is 8.66. The molecule has 1 N–H and O–H groups in total. The Morgan fingerprint density at radius 2 is 1.64 bits per heavy atom. The van der Waals surface area contributed by atoms with E-state index < -0.39 is 0 Å². The smallest absolute Gasteiger partial charge is 0.254 e. The standard InChI is InChI=1S/C35H45N4O3/c1-5-37(6-2)26-14-16-30-32(24-26)42-33-25-27(38(7-3)8-4)15-17-31(33)34(30)28-12-9-10-13-29(28)35(41)39-21-19-36(20-22-39)18-11-23-40/h9-10,12-17,24-25,40H,5-8,11,18-23H2,1-4H3/q+1. The maximum absolute atomic E-state index is 14.1. The summed E-state index contributed by atoms with van der Waals surface area (Å²) >= 11 is 0. The predicted molar refractivity (Wildman–Crippen MR) is 172 cm³/mol. The minimum Gasteiger partial charge on any atom is -0.456 e. The summed E-state index contributed by atoms with van der Waals surface area (Å²) in [6.07, 6.45) is 0.766. The summed E-state index contributed by atoms with van der Waals surface area (Å²) < 4.78 is 8.98. The molecule has 0 radical (unpaired) electrons. The van der Waals surface area contributed by atoms with E-state index in [-0.39, 0.29) is 12.5 Å². The summed E-state index contributed by atoms with van der Waals surface area (Å²) in [7, 11) is 0. The SMILES string of the molecule is CCN(CC)c1ccc2c(-c3ccccc3C(=O)N3CCN(CCCO)CC3)c3ccc(=[N+](CC)CC)cc-3oc2c1. The van der Waals surface area contributed by atoms with Crippen molar-refractivity contribution in [2.24, 2.45) is 0 Å². The van der Waals surface area contributed by atoms with E-state index in [0.29, 0.717) is 13.1 Å². The first-order chi connectivity index (χ1) is 20.5. The Balaban J connectivity index is 1.67. The van der Waals surface area contributed by atoms with Gasteiger partial charge in [0, 0.05) is 92.3 Å². The van der Waals surface area contributed by atoms with E-state index in [4.69, 9.17) is 4.42 Å². The topological polar surface area (TPSA) is 63.2 Å². The van der Waals surface area contributed by atoms with Crippen molar-refractivity contribution in [2.45, 2.75) is 34.1 Å². The summed E-state index contributed by atoms with van der Waals surface area (Å²) in [6.45, 7) is 16.4. The molecule has 7 heteroatoms. The molecular formula is C35H45N4O3+. The number of carbonyl (C=O) groups is 1. The maximum atomic E-state index is 14.1. The van der Waals surface area contributed by atoms with Gasteiger partial charge in [-0.05, 0) is 63.9 Å².